The second-order valence-corrected chi connectivity index (χ2v) is 2.91. The molecule has 0 saturated heterocycles. The number of nitriles is 2. The highest BCUT2D eigenvalue weighted by Crippen LogP contribution is 2.20. The highest BCUT2D eigenvalue weighted by molar-refractivity contribution is 5.73. The lowest BCUT2D eigenvalue weighted by Crippen LogP contribution is -2.02. The number of benzene rings is 1. The molecular weight excluding hydrogens is 204 g/mol. The Kier molecular flexibility index (Phi) is 3.83. The summed E-state index contributed by atoms with van der Waals surface area (Å²) in [4.78, 5) is 10.8. The van der Waals surface area contributed by atoms with Crippen LogP contribution in [-0.4, -0.2) is 5.97 Å². The number of nitrogens with zero attached hydrogens (tertiary/aromatic N) is 2. The van der Waals surface area contributed by atoms with Crippen molar-refractivity contribution >= 4 is 12.0 Å². The Morgan fingerprint density at radius 3 is 2.50 bits per heavy atom. The van der Waals surface area contributed by atoms with Crippen LogP contribution in [0, 0.1) is 22.7 Å². The van der Waals surface area contributed by atoms with Gasteiger partial charge in [0.2, 0.25) is 0 Å². The van der Waals surface area contributed by atoms with Crippen LogP contribution in [0.2, 0.25) is 0 Å². The van der Waals surface area contributed by atoms with Crippen molar-refractivity contribution in [1.82, 2.24) is 0 Å². The summed E-state index contributed by atoms with van der Waals surface area (Å²) < 4.78 is 4.93. The lowest BCUT2D eigenvalue weighted by Gasteiger charge is -2.04. The van der Waals surface area contributed by atoms with Crippen molar-refractivity contribution in [3.8, 4) is 17.9 Å². The molecule has 16 heavy (non-hydrogen) atoms. The van der Waals surface area contributed by atoms with E-state index < -0.39 is 5.97 Å². The maximum atomic E-state index is 10.8. The largest absolute Gasteiger partial charge is 0.426 e. The lowest BCUT2D eigenvalue weighted by molar-refractivity contribution is -0.131. The Bertz CT molecular complexity index is 503. The second kappa shape index (κ2) is 5.33. The summed E-state index contributed by atoms with van der Waals surface area (Å²) in [6.07, 6.45) is 1.37. The van der Waals surface area contributed by atoms with Crippen molar-refractivity contribution in [1.29, 1.82) is 10.5 Å². The summed E-state index contributed by atoms with van der Waals surface area (Å²) in [5.74, 6) is -0.116. The maximum Gasteiger partial charge on any atom is 0.308 e. The first-order valence-corrected chi connectivity index (χ1v) is 4.46. The highest BCUT2D eigenvalue weighted by atomic mass is 16.5. The van der Waals surface area contributed by atoms with Crippen molar-refractivity contribution in [3.63, 3.8) is 0 Å². The van der Waals surface area contributed by atoms with Gasteiger partial charge < -0.3 is 4.74 Å². The van der Waals surface area contributed by atoms with E-state index in [9.17, 15) is 4.79 Å². The third-order valence-corrected chi connectivity index (χ3v) is 1.71. The van der Waals surface area contributed by atoms with Crippen LogP contribution in [-0.2, 0) is 4.79 Å². The van der Waals surface area contributed by atoms with Gasteiger partial charge in [-0.1, -0.05) is 18.2 Å². The Morgan fingerprint density at radius 2 is 1.94 bits per heavy atom. The lowest BCUT2D eigenvalue weighted by atomic mass is 10.1. The number of ether oxygens (including phenoxy) is 1. The first kappa shape index (κ1) is 11.5. The van der Waals surface area contributed by atoms with Crippen molar-refractivity contribution in [2.75, 3.05) is 0 Å². The molecule has 4 nitrogen and oxygen atoms in total. The molecule has 1 aromatic rings. The second-order valence-electron chi connectivity index (χ2n) is 2.91. The number of allylic oxidation sites excluding steroid dienone is 1. The predicted octanol–water partition coefficient (Wildman–Crippen LogP) is 2.04. The van der Waals surface area contributed by atoms with E-state index in [1.807, 2.05) is 0 Å². The van der Waals surface area contributed by atoms with Gasteiger partial charge in [-0.25, -0.2) is 0 Å². The van der Waals surface area contributed by atoms with E-state index in [0.29, 0.717) is 11.3 Å². The first-order chi connectivity index (χ1) is 7.67. The zero-order valence-corrected chi connectivity index (χ0v) is 8.60. The average molecular weight is 212 g/mol. The van der Waals surface area contributed by atoms with Crippen molar-refractivity contribution in [2.24, 2.45) is 0 Å². The third kappa shape index (κ3) is 2.97. The molecule has 1 rings (SSSR count). The summed E-state index contributed by atoms with van der Waals surface area (Å²) in [6, 6.07) is 10.2. The third-order valence-electron chi connectivity index (χ3n) is 1.71. The number of para-hydroxylation sites is 1. The van der Waals surface area contributed by atoms with Crippen LogP contribution >= 0.6 is 0 Å². The summed E-state index contributed by atoms with van der Waals surface area (Å²) in [5.41, 5.74) is 0.482. The van der Waals surface area contributed by atoms with Crippen LogP contribution in [0.1, 0.15) is 12.5 Å². The molecule has 0 unspecified atom stereocenters. The smallest absolute Gasteiger partial charge is 0.308 e. The summed E-state index contributed by atoms with van der Waals surface area (Å²) >= 11 is 0. The molecule has 0 heterocycles. The fourth-order valence-electron chi connectivity index (χ4n) is 1.09. The molecule has 0 atom stereocenters. The first-order valence-electron chi connectivity index (χ1n) is 4.46. The highest BCUT2D eigenvalue weighted by Gasteiger charge is 2.04. The van der Waals surface area contributed by atoms with Crippen LogP contribution < -0.4 is 4.74 Å². The number of hydrogen-bond donors (Lipinski definition) is 0. The number of hydrogen-bond acceptors (Lipinski definition) is 4. The molecule has 0 bridgehead atoms. The number of carbonyl (C=O) groups is 1. The van der Waals surface area contributed by atoms with Crippen molar-refractivity contribution < 1.29 is 9.53 Å². The van der Waals surface area contributed by atoms with Crippen molar-refractivity contribution in [3.05, 3.63) is 35.4 Å². The van der Waals surface area contributed by atoms with Gasteiger partial charge in [0.15, 0.2) is 0 Å². The zero-order valence-electron chi connectivity index (χ0n) is 8.60. The molecular formula is C12H8N2O2. The Balaban J connectivity index is 3.15. The Morgan fingerprint density at radius 1 is 1.31 bits per heavy atom. The van der Waals surface area contributed by atoms with Gasteiger partial charge in [0, 0.05) is 12.5 Å². The fourth-order valence-corrected chi connectivity index (χ4v) is 1.09. The van der Waals surface area contributed by atoms with Crippen LogP contribution in [0.4, 0.5) is 0 Å². The minimum atomic E-state index is -0.448. The minimum absolute atomic E-state index is 0.0420. The van der Waals surface area contributed by atoms with Crippen LogP contribution in [0.3, 0.4) is 0 Å². The minimum Gasteiger partial charge on any atom is -0.426 e. The zero-order chi connectivity index (χ0) is 12.0. The predicted molar refractivity (Wildman–Crippen MR) is 57.0 cm³/mol. The van der Waals surface area contributed by atoms with Gasteiger partial charge in [-0.15, -0.1) is 0 Å². The van der Waals surface area contributed by atoms with Crippen LogP contribution in [0.25, 0.3) is 6.08 Å². The van der Waals surface area contributed by atoms with Gasteiger partial charge in [-0.3, -0.25) is 4.79 Å². The van der Waals surface area contributed by atoms with E-state index in [1.54, 1.807) is 36.4 Å². The molecule has 0 aliphatic heterocycles. The van der Waals surface area contributed by atoms with Crippen molar-refractivity contribution in [2.45, 2.75) is 6.92 Å². The normalized spacial score (nSPS) is 8.44. The van der Waals surface area contributed by atoms with E-state index in [0.717, 1.165) is 0 Å². The molecule has 0 spiro atoms. The van der Waals surface area contributed by atoms with Gasteiger partial charge in [0.25, 0.3) is 0 Å². The van der Waals surface area contributed by atoms with E-state index in [2.05, 4.69) is 0 Å². The molecule has 0 aliphatic carbocycles. The van der Waals surface area contributed by atoms with Gasteiger partial charge in [-0.2, -0.15) is 10.5 Å². The maximum absolute atomic E-state index is 10.8. The van der Waals surface area contributed by atoms with Gasteiger partial charge >= 0.3 is 5.97 Å². The number of rotatable bonds is 2. The summed E-state index contributed by atoms with van der Waals surface area (Å²) in [6.45, 7) is 1.29. The number of carbonyl (C=O) groups excluding carboxylic acids is 1. The molecule has 0 saturated carbocycles. The van der Waals surface area contributed by atoms with Gasteiger partial charge in [0.1, 0.15) is 23.5 Å². The standard InChI is InChI=1S/C12H8N2O2/c1-9(15)16-12-5-3-2-4-11(12)6-10(7-13)8-14/h2-6H,1H3. The van der Waals surface area contributed by atoms with Gasteiger partial charge in [0.05, 0.1) is 0 Å². The SMILES string of the molecule is CC(=O)Oc1ccccc1C=C(C#N)C#N. The molecule has 4 heteroatoms. The van der Waals surface area contributed by atoms with Crippen LogP contribution in [0.15, 0.2) is 29.8 Å². The molecule has 0 radical (unpaired) electrons. The van der Waals surface area contributed by atoms with E-state index in [1.165, 1.54) is 13.0 Å². The van der Waals surface area contributed by atoms with Crippen LogP contribution in [0.5, 0.6) is 5.75 Å². The average Bonchev–Trinajstić information content (AvgIpc) is 2.27. The molecule has 0 aromatic heterocycles. The van der Waals surface area contributed by atoms with E-state index in [-0.39, 0.29) is 5.57 Å². The van der Waals surface area contributed by atoms with E-state index in [4.69, 9.17) is 15.3 Å². The summed E-state index contributed by atoms with van der Waals surface area (Å²) in [7, 11) is 0. The molecule has 78 valence electrons. The fraction of sp³-hybridized carbons (Fsp3) is 0.0833. The molecule has 1 aromatic carbocycles. The molecule has 0 amide bonds. The molecule has 0 N–H and O–H groups in total. The van der Waals surface area contributed by atoms with Gasteiger partial charge in [-0.05, 0) is 12.1 Å². The Hall–Kier alpha value is -2.59. The summed E-state index contributed by atoms with van der Waals surface area (Å²) in [5, 5.41) is 17.2. The Labute approximate surface area is 93.0 Å². The van der Waals surface area contributed by atoms with E-state index >= 15 is 0 Å². The topological polar surface area (TPSA) is 73.9 Å². The quantitative estimate of drug-likeness (QED) is 0.427. The number of esters is 1. The monoisotopic (exact) mass is 212 g/mol. The molecule has 0 fully saturated rings. The molecule has 0 aliphatic rings.